The number of pyridine rings is 2. The number of hydrogen-bond acceptors (Lipinski definition) is 6. The first kappa shape index (κ1) is 17.1. The Morgan fingerprint density at radius 1 is 1.07 bits per heavy atom. The number of amides is 1. The lowest BCUT2D eigenvalue weighted by Crippen LogP contribution is -2.21. The monoisotopic (exact) mass is 383 g/mol. The van der Waals surface area contributed by atoms with Gasteiger partial charge in [-0.1, -0.05) is 6.07 Å². The number of fused-ring (bicyclic) bond motifs is 5. The van der Waals surface area contributed by atoms with Crippen LogP contribution >= 0.6 is 0 Å². The number of nitrogens with one attached hydrogen (secondary N) is 1. The Bertz CT molecular complexity index is 1390. The fraction of sp³-hybridized carbons (Fsp3) is 0.0952. The van der Waals surface area contributed by atoms with Crippen molar-refractivity contribution >= 4 is 45.0 Å². The molecular formula is C21H17N7O. The van der Waals surface area contributed by atoms with Crippen LogP contribution in [0.1, 0.15) is 10.4 Å². The molecule has 142 valence electrons. The molecule has 0 fully saturated rings. The highest BCUT2D eigenvalue weighted by atomic mass is 16.2. The molecule has 0 radical (unpaired) electrons. The minimum atomic E-state index is -0.0599. The van der Waals surface area contributed by atoms with E-state index in [1.54, 1.807) is 50.0 Å². The summed E-state index contributed by atoms with van der Waals surface area (Å²) in [6.45, 7) is 0. The van der Waals surface area contributed by atoms with Crippen molar-refractivity contribution in [1.29, 1.82) is 0 Å². The van der Waals surface area contributed by atoms with E-state index in [0.29, 0.717) is 11.4 Å². The molecule has 4 aromatic heterocycles. The van der Waals surface area contributed by atoms with Crippen molar-refractivity contribution in [3.05, 3.63) is 66.9 Å². The van der Waals surface area contributed by atoms with E-state index in [2.05, 4.69) is 15.3 Å². The first-order valence-electron chi connectivity index (χ1n) is 9.06. The highest BCUT2D eigenvalue weighted by Crippen LogP contribution is 2.31. The van der Waals surface area contributed by atoms with Gasteiger partial charge in [-0.3, -0.25) is 14.2 Å². The van der Waals surface area contributed by atoms with Crippen LogP contribution in [0, 0.1) is 0 Å². The number of aromatic nitrogens is 5. The third-order valence-electron chi connectivity index (χ3n) is 4.72. The fourth-order valence-corrected chi connectivity index (χ4v) is 3.37. The third-order valence-corrected chi connectivity index (χ3v) is 4.72. The fourth-order valence-electron chi connectivity index (χ4n) is 3.37. The van der Waals surface area contributed by atoms with E-state index < -0.39 is 0 Å². The summed E-state index contributed by atoms with van der Waals surface area (Å²) in [5, 5.41) is 4.23. The van der Waals surface area contributed by atoms with Crippen LogP contribution in [-0.2, 0) is 0 Å². The van der Waals surface area contributed by atoms with E-state index in [4.69, 9.17) is 9.97 Å². The standard InChI is InChI=1S/C21H17N7O/c1-27(2)21(29)13-4-3-5-14(10-13)24-20-19-18(15-11-22-8-6-16(15)25-20)26-17-7-9-23-12-28(17)19/h3-12H,1-2H3,(H,24,25). The van der Waals surface area contributed by atoms with Crippen LogP contribution in [0.2, 0.25) is 0 Å². The van der Waals surface area contributed by atoms with Crippen molar-refractivity contribution in [2.75, 3.05) is 19.4 Å². The quantitative estimate of drug-likeness (QED) is 0.514. The zero-order valence-corrected chi connectivity index (χ0v) is 15.9. The van der Waals surface area contributed by atoms with Crippen LogP contribution in [0.3, 0.4) is 0 Å². The van der Waals surface area contributed by atoms with E-state index >= 15 is 0 Å². The second-order valence-electron chi connectivity index (χ2n) is 6.88. The van der Waals surface area contributed by atoms with Gasteiger partial charge in [0, 0.05) is 49.3 Å². The number of carbonyl (C=O) groups is 1. The number of imidazole rings is 1. The molecular weight excluding hydrogens is 366 g/mol. The zero-order valence-electron chi connectivity index (χ0n) is 15.9. The van der Waals surface area contributed by atoms with Gasteiger partial charge in [0.25, 0.3) is 5.91 Å². The predicted octanol–water partition coefficient (Wildman–Crippen LogP) is 3.27. The summed E-state index contributed by atoms with van der Waals surface area (Å²) >= 11 is 0. The number of carbonyl (C=O) groups excluding carboxylic acids is 1. The number of hydrogen-bond donors (Lipinski definition) is 1. The van der Waals surface area contributed by atoms with Gasteiger partial charge in [-0.2, -0.15) is 0 Å². The molecule has 0 bridgehead atoms. The predicted molar refractivity (Wildman–Crippen MR) is 111 cm³/mol. The van der Waals surface area contributed by atoms with Gasteiger partial charge in [-0.15, -0.1) is 0 Å². The maximum absolute atomic E-state index is 12.3. The van der Waals surface area contributed by atoms with Gasteiger partial charge in [-0.05, 0) is 30.3 Å². The summed E-state index contributed by atoms with van der Waals surface area (Å²) in [7, 11) is 3.46. The Balaban J connectivity index is 1.72. The molecule has 4 heterocycles. The smallest absolute Gasteiger partial charge is 0.253 e. The van der Waals surface area contributed by atoms with Crippen LogP contribution < -0.4 is 5.32 Å². The number of benzene rings is 1. The molecule has 0 saturated heterocycles. The topological polar surface area (TPSA) is 88.3 Å². The van der Waals surface area contributed by atoms with E-state index in [-0.39, 0.29) is 5.91 Å². The maximum Gasteiger partial charge on any atom is 0.253 e. The molecule has 1 N–H and O–H groups in total. The Kier molecular flexibility index (Phi) is 3.83. The van der Waals surface area contributed by atoms with Gasteiger partial charge in [0.15, 0.2) is 5.82 Å². The van der Waals surface area contributed by atoms with Crippen molar-refractivity contribution in [2.24, 2.45) is 0 Å². The van der Waals surface area contributed by atoms with Crippen molar-refractivity contribution in [3.8, 4) is 0 Å². The largest absolute Gasteiger partial charge is 0.345 e. The molecule has 8 nitrogen and oxygen atoms in total. The average molecular weight is 383 g/mol. The maximum atomic E-state index is 12.3. The summed E-state index contributed by atoms with van der Waals surface area (Å²) in [6.07, 6.45) is 6.90. The molecule has 5 rings (SSSR count). The minimum absolute atomic E-state index is 0.0599. The third kappa shape index (κ3) is 2.82. The number of rotatable bonds is 3. The molecule has 1 aromatic carbocycles. The molecule has 0 aliphatic rings. The lowest BCUT2D eigenvalue weighted by molar-refractivity contribution is 0.0827. The first-order valence-corrected chi connectivity index (χ1v) is 9.06. The molecule has 0 atom stereocenters. The molecule has 0 spiro atoms. The Hall–Kier alpha value is -4.07. The Morgan fingerprint density at radius 3 is 2.79 bits per heavy atom. The van der Waals surface area contributed by atoms with Crippen LogP contribution in [0.5, 0.6) is 0 Å². The highest BCUT2D eigenvalue weighted by molar-refractivity contribution is 6.08. The Labute approximate surface area is 165 Å². The van der Waals surface area contributed by atoms with E-state index in [1.165, 1.54) is 0 Å². The van der Waals surface area contributed by atoms with Crippen molar-refractivity contribution in [3.63, 3.8) is 0 Å². The molecule has 8 heteroatoms. The van der Waals surface area contributed by atoms with Crippen LogP contribution in [0.15, 0.2) is 61.3 Å². The average Bonchev–Trinajstić information content (AvgIpc) is 3.13. The van der Waals surface area contributed by atoms with E-state index in [9.17, 15) is 4.79 Å². The van der Waals surface area contributed by atoms with Crippen molar-refractivity contribution in [1.82, 2.24) is 29.2 Å². The van der Waals surface area contributed by atoms with Gasteiger partial charge in [0.1, 0.15) is 23.0 Å². The summed E-state index contributed by atoms with van der Waals surface area (Å²) in [5.41, 5.74) is 4.51. The van der Waals surface area contributed by atoms with Gasteiger partial charge in [0.2, 0.25) is 0 Å². The molecule has 29 heavy (non-hydrogen) atoms. The summed E-state index contributed by atoms with van der Waals surface area (Å²) in [6, 6.07) is 11.1. The van der Waals surface area contributed by atoms with Crippen LogP contribution in [0.4, 0.5) is 11.5 Å². The zero-order chi connectivity index (χ0) is 20.0. The highest BCUT2D eigenvalue weighted by Gasteiger charge is 2.16. The van der Waals surface area contributed by atoms with Gasteiger partial charge in [0.05, 0.1) is 5.52 Å². The van der Waals surface area contributed by atoms with Gasteiger partial charge >= 0.3 is 0 Å². The molecule has 1 amide bonds. The van der Waals surface area contributed by atoms with Crippen molar-refractivity contribution < 1.29 is 4.79 Å². The molecule has 0 saturated carbocycles. The number of nitrogens with zero attached hydrogens (tertiary/aromatic N) is 6. The van der Waals surface area contributed by atoms with E-state index in [1.807, 2.05) is 34.7 Å². The minimum Gasteiger partial charge on any atom is -0.345 e. The SMILES string of the molecule is CN(C)C(=O)c1cccc(Nc2nc3ccncc3c3nc4ccncn4c23)c1. The molecule has 0 unspecified atom stereocenters. The van der Waals surface area contributed by atoms with Crippen LogP contribution in [0.25, 0.3) is 27.6 Å². The second-order valence-corrected chi connectivity index (χ2v) is 6.88. The van der Waals surface area contributed by atoms with Gasteiger partial charge < -0.3 is 10.2 Å². The lowest BCUT2D eigenvalue weighted by atomic mass is 10.1. The summed E-state index contributed by atoms with van der Waals surface area (Å²) < 4.78 is 1.89. The molecule has 0 aliphatic carbocycles. The van der Waals surface area contributed by atoms with Crippen molar-refractivity contribution in [2.45, 2.75) is 0 Å². The molecule has 5 aromatic rings. The normalized spacial score (nSPS) is 11.2. The lowest BCUT2D eigenvalue weighted by Gasteiger charge is -2.13. The van der Waals surface area contributed by atoms with E-state index in [0.717, 1.165) is 33.3 Å². The number of anilines is 2. The summed E-state index contributed by atoms with van der Waals surface area (Å²) in [4.78, 5) is 31.9. The Morgan fingerprint density at radius 2 is 1.93 bits per heavy atom. The van der Waals surface area contributed by atoms with Crippen LogP contribution in [-0.4, -0.2) is 49.2 Å². The van der Waals surface area contributed by atoms with Gasteiger partial charge in [-0.25, -0.2) is 15.0 Å². The second kappa shape index (κ2) is 6.52. The first-order chi connectivity index (χ1) is 14.1. The molecule has 0 aliphatic heterocycles. The summed E-state index contributed by atoms with van der Waals surface area (Å²) in [5.74, 6) is 0.573.